The highest BCUT2D eigenvalue weighted by Gasteiger charge is 2.31. The Bertz CT molecular complexity index is 1900. The van der Waals surface area contributed by atoms with Gasteiger partial charge < -0.3 is 29.7 Å². The Labute approximate surface area is 314 Å². The number of nitrogens with one attached hydrogen (secondary N) is 2. The van der Waals surface area contributed by atoms with Crippen LogP contribution in [-0.4, -0.2) is 99.3 Å². The number of rotatable bonds is 9. The van der Waals surface area contributed by atoms with Crippen LogP contribution in [0.15, 0.2) is 42.7 Å². The molecule has 2 N–H and O–H groups in total. The van der Waals surface area contributed by atoms with Crippen molar-refractivity contribution in [3.8, 4) is 22.4 Å². The van der Waals surface area contributed by atoms with Gasteiger partial charge in [0.1, 0.15) is 0 Å². The first-order valence-corrected chi connectivity index (χ1v) is 18.4. The SMILES string of the molecule is CC.CC.COCCn1cc(-c2ccc(-c3cnc(C(=O)Nc4ccc(C(=O)N5CCN(C(=O)C6CCCN6)CC5)c(Cl)c4)n3C)c(F)c2F)c(C)n1. The molecule has 15 heteroatoms. The molecule has 2 aliphatic heterocycles. The molecule has 3 amide bonds. The zero-order valence-corrected chi connectivity index (χ0v) is 32.2. The average molecular weight is 755 g/mol. The predicted molar refractivity (Wildman–Crippen MR) is 202 cm³/mol. The topological polar surface area (TPSA) is 127 Å². The lowest BCUT2D eigenvalue weighted by molar-refractivity contribution is -0.134. The molecule has 2 fully saturated rings. The van der Waals surface area contributed by atoms with Gasteiger partial charge in [0.25, 0.3) is 11.8 Å². The number of nitrogens with zero attached hydrogens (tertiary/aromatic N) is 6. The molecule has 0 spiro atoms. The number of benzene rings is 2. The van der Waals surface area contributed by atoms with E-state index >= 15 is 8.78 Å². The van der Waals surface area contributed by atoms with E-state index in [1.165, 1.54) is 42.1 Å². The number of halogens is 3. The lowest BCUT2D eigenvalue weighted by atomic mass is 10.0. The van der Waals surface area contributed by atoms with Gasteiger partial charge in [0.15, 0.2) is 17.5 Å². The number of carbonyl (C=O) groups excluding carboxylic acids is 3. The fraction of sp³-hybridized carbons (Fsp3) is 0.447. The molecule has 6 rings (SSSR count). The van der Waals surface area contributed by atoms with Crippen molar-refractivity contribution in [2.24, 2.45) is 7.05 Å². The number of aromatic nitrogens is 4. The number of methoxy groups -OCH3 is 1. The number of ether oxygens (including phenoxy) is 1. The van der Waals surface area contributed by atoms with Crippen molar-refractivity contribution in [1.82, 2.24) is 34.4 Å². The molecule has 2 aromatic heterocycles. The molecule has 2 aliphatic rings. The summed E-state index contributed by atoms with van der Waals surface area (Å²) >= 11 is 6.50. The van der Waals surface area contributed by atoms with Crippen LogP contribution in [-0.2, 0) is 23.1 Å². The summed E-state index contributed by atoms with van der Waals surface area (Å²) in [7, 11) is 3.10. The Kier molecular flexibility index (Phi) is 14.7. The Morgan fingerprint density at radius 3 is 2.28 bits per heavy atom. The third-order valence-electron chi connectivity index (χ3n) is 9.00. The van der Waals surface area contributed by atoms with Crippen LogP contribution < -0.4 is 10.6 Å². The van der Waals surface area contributed by atoms with Crippen LogP contribution in [0, 0.1) is 18.6 Å². The number of carbonyl (C=O) groups is 3. The van der Waals surface area contributed by atoms with Gasteiger partial charge in [-0.25, -0.2) is 13.8 Å². The van der Waals surface area contributed by atoms with E-state index < -0.39 is 17.5 Å². The van der Waals surface area contributed by atoms with E-state index in [4.69, 9.17) is 16.3 Å². The van der Waals surface area contributed by atoms with Crippen molar-refractivity contribution in [1.29, 1.82) is 0 Å². The Hall–Kier alpha value is -4.66. The standard InChI is InChI=1S/C34H37ClF2N8O4.2C2H6/c1-20-25(19-45(41-20)15-16-49-3)22-8-9-24(30(37)29(22)36)28-18-39-31(42(28)2)32(46)40-21-6-7-23(26(35)17-21)33(47)43-11-13-44(14-12-43)34(48)27-5-4-10-38-27;2*1-2/h6-9,17-19,27,38H,4-5,10-16H2,1-3H3,(H,40,46);2*1-2H3. The predicted octanol–water partition coefficient (Wildman–Crippen LogP) is 6.18. The normalized spacial score (nSPS) is 15.3. The van der Waals surface area contributed by atoms with Crippen molar-refractivity contribution in [2.45, 2.75) is 60.0 Å². The van der Waals surface area contributed by atoms with E-state index in [1.807, 2.05) is 27.7 Å². The maximum Gasteiger partial charge on any atom is 0.291 e. The molecule has 0 saturated carbocycles. The smallest absolute Gasteiger partial charge is 0.291 e. The highest BCUT2D eigenvalue weighted by atomic mass is 35.5. The second kappa shape index (κ2) is 18.9. The molecule has 286 valence electrons. The maximum absolute atomic E-state index is 15.5. The van der Waals surface area contributed by atoms with Gasteiger partial charge in [-0.1, -0.05) is 45.4 Å². The van der Waals surface area contributed by atoms with Crippen molar-refractivity contribution >= 4 is 35.0 Å². The van der Waals surface area contributed by atoms with Crippen molar-refractivity contribution < 1.29 is 27.9 Å². The zero-order valence-electron chi connectivity index (χ0n) is 31.4. The molecule has 2 saturated heterocycles. The van der Waals surface area contributed by atoms with Gasteiger partial charge in [0.05, 0.1) is 47.4 Å². The van der Waals surface area contributed by atoms with Crippen LogP contribution in [0.4, 0.5) is 14.5 Å². The van der Waals surface area contributed by atoms with Crippen molar-refractivity contribution in [3.63, 3.8) is 0 Å². The number of imidazole rings is 1. The van der Waals surface area contributed by atoms with Crippen LogP contribution in [0.2, 0.25) is 5.02 Å². The van der Waals surface area contributed by atoms with Gasteiger partial charge in [-0.15, -0.1) is 0 Å². The molecule has 1 atom stereocenters. The molecular formula is C38H49ClF2N8O4. The molecule has 2 aromatic carbocycles. The zero-order chi connectivity index (χ0) is 38.8. The first-order valence-electron chi connectivity index (χ1n) is 18.0. The molecule has 0 radical (unpaired) electrons. The lowest BCUT2D eigenvalue weighted by Crippen LogP contribution is -2.54. The molecule has 12 nitrogen and oxygen atoms in total. The lowest BCUT2D eigenvalue weighted by Gasteiger charge is -2.36. The number of piperazine rings is 1. The van der Waals surface area contributed by atoms with Crippen molar-refractivity contribution in [2.75, 3.05) is 51.8 Å². The second-order valence-corrected chi connectivity index (χ2v) is 12.5. The average Bonchev–Trinajstić information content (AvgIpc) is 3.94. The van der Waals surface area contributed by atoms with Gasteiger partial charge in [0.2, 0.25) is 5.91 Å². The van der Waals surface area contributed by atoms with Gasteiger partial charge in [-0.2, -0.15) is 5.10 Å². The molecule has 4 aromatic rings. The fourth-order valence-electron chi connectivity index (χ4n) is 6.28. The van der Waals surface area contributed by atoms with E-state index in [2.05, 4.69) is 20.7 Å². The minimum Gasteiger partial charge on any atom is -0.383 e. The van der Waals surface area contributed by atoms with E-state index in [0.29, 0.717) is 56.3 Å². The largest absolute Gasteiger partial charge is 0.383 e. The summed E-state index contributed by atoms with van der Waals surface area (Å²) in [6.07, 6.45) is 4.75. The summed E-state index contributed by atoms with van der Waals surface area (Å²) < 4.78 is 38.9. The van der Waals surface area contributed by atoms with Gasteiger partial charge in [-0.05, 0) is 50.6 Å². The van der Waals surface area contributed by atoms with Gasteiger partial charge in [-0.3, -0.25) is 19.1 Å². The summed E-state index contributed by atoms with van der Waals surface area (Å²) in [5.41, 5.74) is 1.79. The second-order valence-electron chi connectivity index (χ2n) is 12.1. The highest BCUT2D eigenvalue weighted by Crippen LogP contribution is 2.33. The molecule has 1 unspecified atom stereocenters. The molecule has 4 heterocycles. The van der Waals surface area contributed by atoms with E-state index in [0.717, 1.165) is 19.4 Å². The van der Waals surface area contributed by atoms with Crippen molar-refractivity contribution in [3.05, 3.63) is 76.5 Å². The number of amides is 3. The van der Waals surface area contributed by atoms with Crippen LogP contribution in [0.25, 0.3) is 22.4 Å². The minimum absolute atomic E-state index is 0.0503. The quantitative estimate of drug-likeness (QED) is 0.209. The van der Waals surface area contributed by atoms with Crippen LogP contribution in [0.1, 0.15) is 67.2 Å². The fourth-order valence-corrected chi connectivity index (χ4v) is 6.54. The minimum atomic E-state index is -1.08. The van der Waals surface area contributed by atoms with E-state index in [-0.39, 0.29) is 51.1 Å². The summed E-state index contributed by atoms with van der Waals surface area (Å²) in [4.78, 5) is 46.8. The summed E-state index contributed by atoms with van der Waals surface area (Å²) in [5.74, 6) is -2.98. The highest BCUT2D eigenvalue weighted by molar-refractivity contribution is 6.34. The van der Waals surface area contributed by atoms with E-state index in [1.54, 1.807) is 40.8 Å². The first kappa shape index (κ1) is 41.1. The number of hydrogen-bond donors (Lipinski definition) is 2. The summed E-state index contributed by atoms with van der Waals surface area (Å²) in [5, 5.41) is 10.4. The van der Waals surface area contributed by atoms with E-state index in [9.17, 15) is 14.4 Å². The molecule has 0 aliphatic carbocycles. The maximum atomic E-state index is 15.5. The monoisotopic (exact) mass is 754 g/mol. The van der Waals surface area contributed by atoms with Gasteiger partial charge in [0, 0.05) is 68.9 Å². The Morgan fingerprint density at radius 1 is 0.981 bits per heavy atom. The molecule has 0 bridgehead atoms. The number of hydrogen-bond acceptors (Lipinski definition) is 7. The number of aryl methyl sites for hydroxylation is 1. The van der Waals surface area contributed by atoms with Crippen LogP contribution in [0.3, 0.4) is 0 Å². The summed E-state index contributed by atoms with van der Waals surface area (Å²) in [6, 6.07) is 7.33. The third kappa shape index (κ3) is 9.11. The first-order chi connectivity index (χ1) is 25.6. The molecule has 53 heavy (non-hydrogen) atoms. The van der Waals surface area contributed by atoms with Crippen LogP contribution in [0.5, 0.6) is 0 Å². The third-order valence-corrected chi connectivity index (χ3v) is 9.32. The Balaban J connectivity index is 0.00000152. The number of anilines is 1. The Morgan fingerprint density at radius 2 is 1.64 bits per heavy atom. The van der Waals surface area contributed by atoms with Crippen LogP contribution >= 0.6 is 11.6 Å². The summed E-state index contributed by atoms with van der Waals surface area (Å²) in [6.45, 7) is 13.1. The molecular weight excluding hydrogens is 706 g/mol. The van der Waals surface area contributed by atoms with Gasteiger partial charge >= 0.3 is 0 Å².